The second kappa shape index (κ2) is 7.92. The molecule has 1 atom stereocenters. The molecule has 25 heavy (non-hydrogen) atoms. The van der Waals surface area contributed by atoms with E-state index in [4.69, 9.17) is 14.2 Å². The molecule has 0 aromatic heterocycles. The molecule has 1 aliphatic rings. The zero-order valence-electron chi connectivity index (χ0n) is 14.2. The highest BCUT2D eigenvalue weighted by atomic mass is 16.6. The lowest BCUT2D eigenvalue weighted by atomic mass is 9.91. The maximum atomic E-state index is 11.8. The Labute approximate surface area is 147 Å². The molecular formula is C20H22O5. The molecule has 5 nitrogen and oxygen atoms in total. The summed E-state index contributed by atoms with van der Waals surface area (Å²) in [5.41, 5.74) is 1.63. The molecule has 2 aromatic rings. The van der Waals surface area contributed by atoms with E-state index in [0.717, 1.165) is 17.7 Å². The quantitative estimate of drug-likeness (QED) is 0.832. The smallest absolute Gasteiger partial charge is 0.311 e. The third kappa shape index (κ3) is 4.24. The molecule has 0 bridgehead atoms. The number of hydrogen-bond donors (Lipinski definition) is 1. The van der Waals surface area contributed by atoms with Crippen LogP contribution >= 0.6 is 0 Å². The average molecular weight is 342 g/mol. The maximum Gasteiger partial charge on any atom is 0.311 e. The van der Waals surface area contributed by atoms with Crippen LogP contribution < -0.4 is 14.2 Å². The van der Waals surface area contributed by atoms with Crippen LogP contribution in [0.25, 0.3) is 0 Å². The molecule has 0 radical (unpaired) electrons. The SMILES string of the molecule is CCCOc1cccc(CC(C(=O)O)c2ccc3c(c2)OCCO3)c1. The van der Waals surface area contributed by atoms with Crippen molar-refractivity contribution >= 4 is 5.97 Å². The lowest BCUT2D eigenvalue weighted by Crippen LogP contribution is -2.18. The zero-order valence-corrected chi connectivity index (χ0v) is 14.2. The summed E-state index contributed by atoms with van der Waals surface area (Å²) in [5, 5.41) is 9.70. The van der Waals surface area contributed by atoms with Crippen molar-refractivity contribution in [1.29, 1.82) is 0 Å². The summed E-state index contributed by atoms with van der Waals surface area (Å²) in [6.07, 6.45) is 1.32. The van der Waals surface area contributed by atoms with Gasteiger partial charge in [0.2, 0.25) is 0 Å². The van der Waals surface area contributed by atoms with E-state index in [-0.39, 0.29) is 0 Å². The summed E-state index contributed by atoms with van der Waals surface area (Å²) in [4.78, 5) is 11.8. The molecule has 5 heteroatoms. The van der Waals surface area contributed by atoms with Crippen molar-refractivity contribution in [1.82, 2.24) is 0 Å². The van der Waals surface area contributed by atoms with Gasteiger partial charge in [0.1, 0.15) is 19.0 Å². The Morgan fingerprint density at radius 1 is 1.16 bits per heavy atom. The van der Waals surface area contributed by atoms with Crippen LogP contribution in [0.4, 0.5) is 0 Å². The van der Waals surface area contributed by atoms with E-state index < -0.39 is 11.9 Å². The van der Waals surface area contributed by atoms with Crippen LogP contribution in [-0.4, -0.2) is 30.9 Å². The van der Waals surface area contributed by atoms with Gasteiger partial charge in [-0.15, -0.1) is 0 Å². The lowest BCUT2D eigenvalue weighted by Gasteiger charge is -2.21. The standard InChI is InChI=1S/C20H22O5/c1-2-8-23-16-5-3-4-14(11-16)12-17(20(21)22)15-6-7-18-19(13-15)25-10-9-24-18/h3-7,11,13,17H,2,8-10,12H2,1H3,(H,21,22). The summed E-state index contributed by atoms with van der Waals surface area (Å²) in [6, 6.07) is 13.0. The van der Waals surface area contributed by atoms with Gasteiger partial charge in [-0.25, -0.2) is 0 Å². The van der Waals surface area contributed by atoms with E-state index in [1.807, 2.05) is 31.2 Å². The molecular weight excluding hydrogens is 320 g/mol. The third-order valence-electron chi connectivity index (χ3n) is 4.08. The van der Waals surface area contributed by atoms with Crippen LogP contribution in [0, 0.1) is 0 Å². The normalized spacial score (nSPS) is 14.0. The van der Waals surface area contributed by atoms with E-state index in [0.29, 0.717) is 43.3 Å². The molecule has 132 valence electrons. The number of fused-ring (bicyclic) bond motifs is 1. The second-order valence-electron chi connectivity index (χ2n) is 5.99. The summed E-state index contributed by atoms with van der Waals surface area (Å²) >= 11 is 0. The van der Waals surface area contributed by atoms with Crippen molar-refractivity contribution in [2.45, 2.75) is 25.7 Å². The van der Waals surface area contributed by atoms with Gasteiger partial charge in [0.15, 0.2) is 11.5 Å². The molecule has 0 saturated carbocycles. The first-order valence-corrected chi connectivity index (χ1v) is 8.51. The number of ether oxygens (including phenoxy) is 3. The number of aliphatic carboxylic acids is 1. The Morgan fingerprint density at radius 2 is 1.96 bits per heavy atom. The van der Waals surface area contributed by atoms with Gasteiger partial charge in [-0.2, -0.15) is 0 Å². The van der Waals surface area contributed by atoms with Gasteiger partial charge in [-0.3, -0.25) is 4.79 Å². The highest BCUT2D eigenvalue weighted by Crippen LogP contribution is 2.34. The van der Waals surface area contributed by atoms with Crippen LogP contribution in [0.15, 0.2) is 42.5 Å². The van der Waals surface area contributed by atoms with Crippen molar-refractivity contribution in [3.05, 3.63) is 53.6 Å². The predicted molar refractivity (Wildman–Crippen MR) is 93.7 cm³/mol. The molecule has 1 heterocycles. The van der Waals surface area contributed by atoms with Gasteiger partial charge in [0.05, 0.1) is 12.5 Å². The van der Waals surface area contributed by atoms with Crippen LogP contribution in [0.1, 0.15) is 30.4 Å². The predicted octanol–water partition coefficient (Wildman–Crippen LogP) is 3.66. The third-order valence-corrected chi connectivity index (χ3v) is 4.08. The molecule has 1 unspecified atom stereocenters. The average Bonchev–Trinajstić information content (AvgIpc) is 2.64. The fourth-order valence-corrected chi connectivity index (χ4v) is 2.84. The highest BCUT2D eigenvalue weighted by molar-refractivity contribution is 5.77. The van der Waals surface area contributed by atoms with E-state index in [1.165, 1.54) is 0 Å². The van der Waals surface area contributed by atoms with Gasteiger partial charge in [0, 0.05) is 0 Å². The molecule has 1 N–H and O–H groups in total. The minimum atomic E-state index is -0.864. The van der Waals surface area contributed by atoms with Gasteiger partial charge in [-0.1, -0.05) is 25.1 Å². The first-order valence-electron chi connectivity index (χ1n) is 8.51. The van der Waals surface area contributed by atoms with Crippen molar-refractivity contribution in [2.75, 3.05) is 19.8 Å². The molecule has 0 amide bonds. The van der Waals surface area contributed by atoms with Crippen molar-refractivity contribution in [2.24, 2.45) is 0 Å². The number of benzene rings is 2. The zero-order chi connectivity index (χ0) is 17.6. The summed E-state index contributed by atoms with van der Waals surface area (Å²) < 4.78 is 16.7. The Balaban J connectivity index is 1.81. The highest BCUT2D eigenvalue weighted by Gasteiger charge is 2.23. The number of carbonyl (C=O) groups is 1. The Bertz CT molecular complexity index is 741. The minimum absolute atomic E-state index is 0.387. The van der Waals surface area contributed by atoms with Crippen molar-refractivity contribution in [3.8, 4) is 17.2 Å². The monoisotopic (exact) mass is 342 g/mol. The Morgan fingerprint density at radius 3 is 2.72 bits per heavy atom. The largest absolute Gasteiger partial charge is 0.494 e. The van der Waals surface area contributed by atoms with Gasteiger partial charge in [0.25, 0.3) is 0 Å². The molecule has 0 aliphatic carbocycles. The van der Waals surface area contributed by atoms with Crippen LogP contribution in [0.3, 0.4) is 0 Å². The topological polar surface area (TPSA) is 65.0 Å². The van der Waals surface area contributed by atoms with E-state index >= 15 is 0 Å². The second-order valence-corrected chi connectivity index (χ2v) is 5.99. The van der Waals surface area contributed by atoms with E-state index in [2.05, 4.69) is 0 Å². The number of hydrogen-bond acceptors (Lipinski definition) is 4. The molecule has 1 aliphatic heterocycles. The summed E-state index contributed by atoms with van der Waals surface area (Å²) in [5.74, 6) is 0.517. The number of carboxylic acids is 1. The van der Waals surface area contributed by atoms with Crippen molar-refractivity contribution < 1.29 is 24.1 Å². The summed E-state index contributed by atoms with van der Waals surface area (Å²) in [7, 11) is 0. The fraction of sp³-hybridized carbons (Fsp3) is 0.350. The summed E-state index contributed by atoms with van der Waals surface area (Å²) in [6.45, 7) is 3.68. The maximum absolute atomic E-state index is 11.8. The van der Waals surface area contributed by atoms with E-state index in [9.17, 15) is 9.90 Å². The number of rotatable bonds is 7. The van der Waals surface area contributed by atoms with Crippen LogP contribution in [0.5, 0.6) is 17.2 Å². The minimum Gasteiger partial charge on any atom is -0.494 e. The van der Waals surface area contributed by atoms with Gasteiger partial charge < -0.3 is 19.3 Å². The van der Waals surface area contributed by atoms with Gasteiger partial charge >= 0.3 is 5.97 Å². The molecule has 0 spiro atoms. The molecule has 3 rings (SSSR count). The lowest BCUT2D eigenvalue weighted by molar-refractivity contribution is -0.138. The Hall–Kier alpha value is -2.69. The molecule has 0 saturated heterocycles. The fourth-order valence-electron chi connectivity index (χ4n) is 2.84. The first-order chi connectivity index (χ1) is 12.2. The number of carboxylic acid groups (broad SMARTS) is 1. The Kier molecular flexibility index (Phi) is 5.43. The molecule has 0 fully saturated rings. The molecule has 2 aromatic carbocycles. The van der Waals surface area contributed by atoms with E-state index in [1.54, 1.807) is 18.2 Å². The first kappa shape index (κ1) is 17.1. The van der Waals surface area contributed by atoms with Crippen molar-refractivity contribution in [3.63, 3.8) is 0 Å². The van der Waals surface area contributed by atoms with Gasteiger partial charge in [-0.05, 0) is 48.2 Å². The van der Waals surface area contributed by atoms with Crippen LogP contribution in [-0.2, 0) is 11.2 Å². The van der Waals surface area contributed by atoms with Crippen LogP contribution in [0.2, 0.25) is 0 Å².